The Bertz CT molecular complexity index is 620. The Morgan fingerprint density at radius 1 is 1.28 bits per heavy atom. The lowest BCUT2D eigenvalue weighted by Crippen LogP contribution is -1.96. The molecular weight excluding hydrogens is 251 g/mol. The Kier molecular flexibility index (Phi) is 2.83. The molecule has 0 spiro atoms. The van der Waals surface area contributed by atoms with E-state index in [-0.39, 0.29) is 4.77 Å². The maximum Gasteiger partial charge on any atom is 0.197 e. The smallest absolute Gasteiger partial charge is 0.197 e. The molecule has 1 aromatic heterocycles. The molecule has 18 heavy (non-hydrogen) atoms. The third-order valence-corrected chi connectivity index (χ3v) is 2.94. The van der Waals surface area contributed by atoms with Crippen molar-refractivity contribution in [3.8, 4) is 17.0 Å². The minimum atomic E-state index is -0.417. The second kappa shape index (κ2) is 4.49. The molecule has 1 fully saturated rings. The van der Waals surface area contributed by atoms with Gasteiger partial charge in [0.15, 0.2) is 10.6 Å². The SMILES string of the molecule is Fc1cnc(=S)[nH]c1-c1ccc(OC2CC2)cc1. The number of nitrogens with zero attached hydrogens (tertiary/aromatic N) is 1. The molecule has 3 nitrogen and oxygen atoms in total. The van der Waals surface area contributed by atoms with Crippen LogP contribution in [-0.4, -0.2) is 16.1 Å². The Hall–Kier alpha value is -1.75. The normalized spacial score (nSPS) is 14.5. The van der Waals surface area contributed by atoms with Crippen LogP contribution in [0.5, 0.6) is 5.75 Å². The molecule has 1 N–H and O–H groups in total. The quantitative estimate of drug-likeness (QED) is 0.860. The summed E-state index contributed by atoms with van der Waals surface area (Å²) >= 11 is 4.89. The first-order valence-corrected chi connectivity index (χ1v) is 6.15. The van der Waals surface area contributed by atoms with Gasteiger partial charge in [0.25, 0.3) is 0 Å². The highest BCUT2D eigenvalue weighted by Crippen LogP contribution is 2.28. The Labute approximate surface area is 109 Å². The number of benzene rings is 1. The molecule has 0 atom stereocenters. The standard InChI is InChI=1S/C13H11FN2OS/c14-11-7-15-13(18)16-12(11)8-1-3-9(4-2-8)17-10-5-6-10/h1-4,7,10H,5-6H2,(H,15,16,18). The van der Waals surface area contributed by atoms with E-state index < -0.39 is 5.82 Å². The van der Waals surface area contributed by atoms with E-state index in [1.54, 1.807) is 12.1 Å². The molecule has 92 valence electrons. The van der Waals surface area contributed by atoms with Crippen molar-refractivity contribution in [2.45, 2.75) is 18.9 Å². The average molecular weight is 262 g/mol. The zero-order valence-corrected chi connectivity index (χ0v) is 10.3. The number of H-pyrrole nitrogens is 1. The minimum absolute atomic E-state index is 0.268. The van der Waals surface area contributed by atoms with Gasteiger partial charge >= 0.3 is 0 Å². The number of aromatic amines is 1. The van der Waals surface area contributed by atoms with E-state index >= 15 is 0 Å². The summed E-state index contributed by atoms with van der Waals surface area (Å²) < 4.78 is 19.5. The highest BCUT2D eigenvalue weighted by molar-refractivity contribution is 7.71. The third kappa shape index (κ3) is 2.41. The largest absolute Gasteiger partial charge is 0.490 e. The van der Waals surface area contributed by atoms with Gasteiger partial charge in [-0.15, -0.1) is 0 Å². The van der Waals surface area contributed by atoms with Gasteiger partial charge in [-0.25, -0.2) is 9.37 Å². The fourth-order valence-electron chi connectivity index (χ4n) is 1.67. The van der Waals surface area contributed by atoms with Crippen LogP contribution in [-0.2, 0) is 0 Å². The first-order chi connectivity index (χ1) is 8.72. The van der Waals surface area contributed by atoms with Crippen LogP contribution in [0.4, 0.5) is 4.39 Å². The number of ether oxygens (including phenoxy) is 1. The second-order valence-electron chi connectivity index (χ2n) is 4.25. The summed E-state index contributed by atoms with van der Waals surface area (Å²) in [5.41, 5.74) is 1.08. The monoisotopic (exact) mass is 262 g/mol. The highest BCUT2D eigenvalue weighted by atomic mass is 32.1. The number of aromatic nitrogens is 2. The van der Waals surface area contributed by atoms with Gasteiger partial charge < -0.3 is 9.72 Å². The van der Waals surface area contributed by atoms with Gasteiger partial charge in [-0.2, -0.15) is 0 Å². The molecule has 0 saturated heterocycles. The molecular formula is C13H11FN2OS. The van der Waals surface area contributed by atoms with Crippen molar-refractivity contribution in [2.24, 2.45) is 0 Å². The lowest BCUT2D eigenvalue weighted by molar-refractivity contribution is 0.303. The molecule has 0 unspecified atom stereocenters. The first kappa shape index (κ1) is 11.3. The topological polar surface area (TPSA) is 37.9 Å². The summed E-state index contributed by atoms with van der Waals surface area (Å²) in [5.74, 6) is 0.397. The number of halogens is 1. The van der Waals surface area contributed by atoms with Crippen molar-refractivity contribution in [1.82, 2.24) is 9.97 Å². The molecule has 1 saturated carbocycles. The van der Waals surface area contributed by atoms with E-state index in [0.717, 1.165) is 30.4 Å². The van der Waals surface area contributed by atoms with Gasteiger partial charge in [-0.1, -0.05) is 0 Å². The summed E-state index contributed by atoms with van der Waals surface area (Å²) in [7, 11) is 0. The molecule has 3 rings (SSSR count). The van der Waals surface area contributed by atoms with E-state index in [9.17, 15) is 4.39 Å². The van der Waals surface area contributed by atoms with Crippen molar-refractivity contribution >= 4 is 12.2 Å². The molecule has 1 heterocycles. The Morgan fingerprint density at radius 3 is 2.67 bits per heavy atom. The first-order valence-electron chi connectivity index (χ1n) is 5.74. The van der Waals surface area contributed by atoms with Crippen molar-refractivity contribution in [3.63, 3.8) is 0 Å². The van der Waals surface area contributed by atoms with E-state index in [1.807, 2.05) is 12.1 Å². The summed E-state index contributed by atoms with van der Waals surface area (Å²) in [6.07, 6.45) is 3.73. The van der Waals surface area contributed by atoms with Crippen molar-refractivity contribution in [1.29, 1.82) is 0 Å². The van der Waals surface area contributed by atoms with Crippen LogP contribution < -0.4 is 4.74 Å². The number of nitrogens with one attached hydrogen (secondary N) is 1. The van der Waals surface area contributed by atoms with Crippen LogP contribution in [0.1, 0.15) is 12.8 Å². The predicted octanol–water partition coefficient (Wildman–Crippen LogP) is 3.49. The maximum atomic E-state index is 13.6. The molecule has 0 radical (unpaired) electrons. The van der Waals surface area contributed by atoms with Crippen LogP contribution >= 0.6 is 12.2 Å². The fourth-order valence-corrected chi connectivity index (χ4v) is 1.82. The molecule has 0 aliphatic heterocycles. The summed E-state index contributed by atoms with van der Waals surface area (Å²) in [6.45, 7) is 0. The van der Waals surface area contributed by atoms with Crippen LogP contribution in [0.3, 0.4) is 0 Å². The van der Waals surface area contributed by atoms with Gasteiger partial charge in [0.2, 0.25) is 0 Å². The van der Waals surface area contributed by atoms with E-state index in [1.165, 1.54) is 0 Å². The van der Waals surface area contributed by atoms with E-state index in [4.69, 9.17) is 17.0 Å². The van der Waals surface area contributed by atoms with Gasteiger partial charge in [0.05, 0.1) is 18.0 Å². The summed E-state index contributed by atoms with van der Waals surface area (Å²) in [4.78, 5) is 6.44. The molecule has 0 bridgehead atoms. The zero-order valence-electron chi connectivity index (χ0n) is 9.52. The lowest BCUT2D eigenvalue weighted by Gasteiger charge is -2.06. The zero-order chi connectivity index (χ0) is 12.5. The van der Waals surface area contributed by atoms with Crippen molar-refractivity contribution in [3.05, 3.63) is 41.1 Å². The second-order valence-corrected chi connectivity index (χ2v) is 4.64. The molecule has 1 aliphatic carbocycles. The Balaban J connectivity index is 1.91. The number of hydrogen-bond acceptors (Lipinski definition) is 3. The molecule has 0 amide bonds. The summed E-state index contributed by atoms with van der Waals surface area (Å²) in [6, 6.07) is 7.29. The van der Waals surface area contributed by atoms with Crippen LogP contribution in [0.25, 0.3) is 11.3 Å². The highest BCUT2D eigenvalue weighted by Gasteiger charge is 2.23. The summed E-state index contributed by atoms with van der Waals surface area (Å²) in [5, 5.41) is 0. The lowest BCUT2D eigenvalue weighted by atomic mass is 10.1. The predicted molar refractivity (Wildman–Crippen MR) is 68.5 cm³/mol. The van der Waals surface area contributed by atoms with Gasteiger partial charge in [-0.05, 0) is 49.3 Å². The fraction of sp³-hybridized carbons (Fsp3) is 0.231. The average Bonchev–Trinajstić information content (AvgIpc) is 3.17. The van der Waals surface area contributed by atoms with Gasteiger partial charge in [0, 0.05) is 5.56 Å². The Morgan fingerprint density at radius 2 is 2.00 bits per heavy atom. The van der Waals surface area contributed by atoms with E-state index in [0.29, 0.717) is 11.8 Å². The number of rotatable bonds is 3. The van der Waals surface area contributed by atoms with Crippen LogP contribution in [0, 0.1) is 10.6 Å². The van der Waals surface area contributed by atoms with Crippen molar-refractivity contribution in [2.75, 3.05) is 0 Å². The van der Waals surface area contributed by atoms with Crippen LogP contribution in [0.2, 0.25) is 0 Å². The van der Waals surface area contributed by atoms with Crippen LogP contribution in [0.15, 0.2) is 30.5 Å². The third-order valence-electron chi connectivity index (χ3n) is 2.74. The van der Waals surface area contributed by atoms with Crippen molar-refractivity contribution < 1.29 is 9.13 Å². The maximum absolute atomic E-state index is 13.6. The van der Waals surface area contributed by atoms with Gasteiger partial charge in [-0.3, -0.25) is 0 Å². The molecule has 1 aromatic carbocycles. The molecule has 5 heteroatoms. The molecule has 2 aromatic rings. The van der Waals surface area contributed by atoms with E-state index in [2.05, 4.69) is 9.97 Å². The molecule has 1 aliphatic rings. The minimum Gasteiger partial charge on any atom is -0.490 e. The number of hydrogen-bond donors (Lipinski definition) is 1. The van der Waals surface area contributed by atoms with Gasteiger partial charge in [0.1, 0.15) is 5.75 Å².